The van der Waals surface area contributed by atoms with E-state index in [4.69, 9.17) is 10.8 Å². The molecule has 1 rings (SSSR count). The van der Waals surface area contributed by atoms with Crippen molar-refractivity contribution < 1.29 is 9.90 Å². The molecule has 4 N–H and O–H groups in total. The Labute approximate surface area is 102 Å². The molecule has 4 heteroatoms. The lowest BCUT2D eigenvalue weighted by Crippen LogP contribution is -2.31. The summed E-state index contributed by atoms with van der Waals surface area (Å²) in [4.78, 5) is 11.1. The van der Waals surface area contributed by atoms with Crippen LogP contribution in [0.4, 0.5) is 11.4 Å². The third-order valence-electron chi connectivity index (χ3n) is 2.62. The van der Waals surface area contributed by atoms with Gasteiger partial charge < -0.3 is 16.2 Å². The molecule has 0 radical (unpaired) electrons. The van der Waals surface area contributed by atoms with Gasteiger partial charge in [0.15, 0.2) is 0 Å². The molecule has 1 aromatic rings. The largest absolute Gasteiger partial charge is 0.478 e. The number of nitrogen functional groups attached to an aromatic ring is 1. The number of carboxylic acids is 1. The first-order chi connectivity index (χ1) is 7.85. The van der Waals surface area contributed by atoms with Crippen molar-refractivity contribution in [1.82, 2.24) is 0 Å². The maximum atomic E-state index is 11.1. The molecule has 0 amide bonds. The highest BCUT2D eigenvalue weighted by molar-refractivity contribution is 5.95. The minimum Gasteiger partial charge on any atom is -0.478 e. The van der Waals surface area contributed by atoms with Gasteiger partial charge in [-0.25, -0.2) is 4.79 Å². The highest BCUT2D eigenvalue weighted by Crippen LogP contribution is 2.24. The first-order valence-electron chi connectivity index (χ1n) is 5.77. The van der Waals surface area contributed by atoms with Gasteiger partial charge in [0.2, 0.25) is 0 Å². The van der Waals surface area contributed by atoms with E-state index in [1.165, 1.54) is 6.07 Å². The number of carbonyl (C=O) groups is 1. The van der Waals surface area contributed by atoms with E-state index in [-0.39, 0.29) is 11.1 Å². The summed E-state index contributed by atoms with van der Waals surface area (Å²) in [6, 6.07) is 4.90. The van der Waals surface area contributed by atoms with Crippen molar-refractivity contribution in [3.63, 3.8) is 0 Å². The topological polar surface area (TPSA) is 75.3 Å². The number of carboxylic acid groups (broad SMARTS) is 1. The molecular weight excluding hydrogens is 216 g/mol. The molecule has 4 nitrogen and oxygen atoms in total. The number of anilines is 2. The van der Waals surface area contributed by atoms with Crippen molar-refractivity contribution in [2.45, 2.75) is 39.2 Å². The minimum atomic E-state index is -0.966. The van der Waals surface area contributed by atoms with Gasteiger partial charge in [0.05, 0.1) is 5.56 Å². The smallest absolute Gasteiger partial charge is 0.337 e. The molecule has 0 unspecified atom stereocenters. The first-order valence-corrected chi connectivity index (χ1v) is 5.77. The van der Waals surface area contributed by atoms with Crippen molar-refractivity contribution in [3.8, 4) is 0 Å². The minimum absolute atomic E-state index is 0.130. The van der Waals surface area contributed by atoms with Crippen LogP contribution < -0.4 is 11.1 Å². The Hall–Kier alpha value is -1.71. The Morgan fingerprint density at radius 2 is 2.12 bits per heavy atom. The second-order valence-corrected chi connectivity index (χ2v) is 4.87. The summed E-state index contributed by atoms with van der Waals surface area (Å²) in [6.07, 6.45) is 2.01. The third-order valence-corrected chi connectivity index (χ3v) is 2.62. The SMILES string of the molecule is CCCC(C)(C)Nc1ccc(N)cc1C(=O)O. The van der Waals surface area contributed by atoms with Crippen molar-refractivity contribution in [2.24, 2.45) is 0 Å². The number of rotatable bonds is 5. The molecule has 0 aliphatic rings. The third kappa shape index (κ3) is 3.66. The van der Waals surface area contributed by atoms with Crippen LogP contribution in [0.1, 0.15) is 44.0 Å². The number of hydrogen-bond donors (Lipinski definition) is 3. The first kappa shape index (κ1) is 13.4. The van der Waals surface area contributed by atoms with E-state index >= 15 is 0 Å². The molecule has 0 saturated heterocycles. The highest BCUT2D eigenvalue weighted by Gasteiger charge is 2.19. The molecule has 0 atom stereocenters. The predicted octanol–water partition coefficient (Wildman–Crippen LogP) is 2.96. The zero-order chi connectivity index (χ0) is 13.1. The predicted molar refractivity (Wildman–Crippen MR) is 70.4 cm³/mol. The van der Waals surface area contributed by atoms with Gasteiger partial charge in [-0.1, -0.05) is 13.3 Å². The van der Waals surface area contributed by atoms with E-state index in [9.17, 15) is 4.79 Å². The molecule has 0 bridgehead atoms. The molecule has 0 aliphatic heterocycles. The van der Waals surface area contributed by atoms with E-state index < -0.39 is 5.97 Å². The van der Waals surface area contributed by atoms with Crippen molar-refractivity contribution in [2.75, 3.05) is 11.1 Å². The Bertz CT molecular complexity index is 414. The van der Waals surface area contributed by atoms with E-state index in [0.717, 1.165) is 12.8 Å². The van der Waals surface area contributed by atoms with Crippen LogP contribution in [0.3, 0.4) is 0 Å². The Morgan fingerprint density at radius 1 is 1.47 bits per heavy atom. The lowest BCUT2D eigenvalue weighted by atomic mass is 9.97. The zero-order valence-electron chi connectivity index (χ0n) is 10.6. The lowest BCUT2D eigenvalue weighted by molar-refractivity contribution is 0.0698. The summed E-state index contributed by atoms with van der Waals surface area (Å²) >= 11 is 0. The van der Waals surface area contributed by atoms with Crippen LogP contribution in [-0.2, 0) is 0 Å². The number of benzene rings is 1. The summed E-state index contributed by atoms with van der Waals surface area (Å²) in [5, 5.41) is 12.4. The fourth-order valence-corrected chi connectivity index (χ4v) is 1.90. The average molecular weight is 236 g/mol. The maximum Gasteiger partial charge on any atom is 0.337 e. The average Bonchev–Trinajstić information content (AvgIpc) is 2.20. The molecule has 0 fully saturated rings. The molecule has 0 aromatic heterocycles. The van der Waals surface area contributed by atoms with Gasteiger partial charge in [-0.3, -0.25) is 0 Å². The molecule has 94 valence electrons. The van der Waals surface area contributed by atoms with Crippen LogP contribution in [0.2, 0.25) is 0 Å². The van der Waals surface area contributed by atoms with E-state index in [0.29, 0.717) is 11.4 Å². The van der Waals surface area contributed by atoms with Crippen LogP contribution in [0, 0.1) is 0 Å². The molecule has 0 aliphatic carbocycles. The van der Waals surface area contributed by atoms with Gasteiger partial charge in [0, 0.05) is 16.9 Å². The van der Waals surface area contributed by atoms with Gasteiger partial charge in [-0.15, -0.1) is 0 Å². The molecule has 0 spiro atoms. The lowest BCUT2D eigenvalue weighted by Gasteiger charge is -2.28. The molecule has 0 heterocycles. The second-order valence-electron chi connectivity index (χ2n) is 4.87. The summed E-state index contributed by atoms with van der Waals surface area (Å²) < 4.78 is 0. The Balaban J connectivity index is 3.02. The summed E-state index contributed by atoms with van der Waals surface area (Å²) in [6.45, 7) is 6.21. The van der Waals surface area contributed by atoms with Gasteiger partial charge in [0.25, 0.3) is 0 Å². The van der Waals surface area contributed by atoms with Crippen molar-refractivity contribution >= 4 is 17.3 Å². The fourth-order valence-electron chi connectivity index (χ4n) is 1.90. The maximum absolute atomic E-state index is 11.1. The van der Waals surface area contributed by atoms with Gasteiger partial charge >= 0.3 is 5.97 Å². The van der Waals surface area contributed by atoms with Crippen LogP contribution >= 0.6 is 0 Å². The Kier molecular flexibility index (Phi) is 3.99. The van der Waals surface area contributed by atoms with Gasteiger partial charge in [-0.2, -0.15) is 0 Å². The summed E-state index contributed by atoms with van der Waals surface area (Å²) in [7, 11) is 0. The highest BCUT2D eigenvalue weighted by atomic mass is 16.4. The number of hydrogen-bond acceptors (Lipinski definition) is 3. The monoisotopic (exact) mass is 236 g/mol. The fraction of sp³-hybridized carbons (Fsp3) is 0.462. The van der Waals surface area contributed by atoms with Gasteiger partial charge in [-0.05, 0) is 38.5 Å². The Morgan fingerprint density at radius 3 is 2.65 bits per heavy atom. The normalized spacial score (nSPS) is 11.2. The second kappa shape index (κ2) is 5.08. The van der Waals surface area contributed by atoms with Crippen LogP contribution in [0.25, 0.3) is 0 Å². The molecule has 0 saturated carbocycles. The van der Waals surface area contributed by atoms with Crippen LogP contribution in [0.5, 0.6) is 0 Å². The molecule has 17 heavy (non-hydrogen) atoms. The van der Waals surface area contributed by atoms with Gasteiger partial charge in [0.1, 0.15) is 0 Å². The van der Waals surface area contributed by atoms with E-state index in [2.05, 4.69) is 26.1 Å². The quantitative estimate of drug-likeness (QED) is 0.687. The van der Waals surface area contributed by atoms with Crippen molar-refractivity contribution in [3.05, 3.63) is 23.8 Å². The van der Waals surface area contributed by atoms with Crippen LogP contribution in [0.15, 0.2) is 18.2 Å². The zero-order valence-corrected chi connectivity index (χ0v) is 10.6. The number of aromatic carboxylic acids is 1. The number of nitrogens with one attached hydrogen (secondary N) is 1. The van der Waals surface area contributed by atoms with E-state index in [1.54, 1.807) is 12.1 Å². The van der Waals surface area contributed by atoms with E-state index in [1.807, 2.05) is 0 Å². The standard InChI is InChI=1S/C13H20N2O2/c1-4-7-13(2,3)15-11-6-5-9(14)8-10(11)12(16)17/h5-6,8,15H,4,7,14H2,1-3H3,(H,16,17). The summed E-state index contributed by atoms with van der Waals surface area (Å²) in [5.74, 6) is -0.966. The summed E-state index contributed by atoms with van der Waals surface area (Å²) in [5.41, 5.74) is 6.76. The molecule has 1 aromatic carbocycles. The van der Waals surface area contributed by atoms with Crippen molar-refractivity contribution in [1.29, 1.82) is 0 Å². The molecular formula is C13H20N2O2. The van der Waals surface area contributed by atoms with Crippen LogP contribution in [-0.4, -0.2) is 16.6 Å². The number of nitrogens with two attached hydrogens (primary N) is 1.